The molecule has 2 aromatic carbocycles. The molecular weight excluding hydrogens is 464 g/mol. The number of benzene rings is 2. The maximum absolute atomic E-state index is 12.8. The third-order valence-electron chi connectivity index (χ3n) is 4.21. The van der Waals surface area contributed by atoms with E-state index in [4.69, 9.17) is 4.74 Å². The first kappa shape index (κ1) is 21.3. The zero-order valence-electron chi connectivity index (χ0n) is 15.3. The number of amides is 1. The molecule has 0 radical (unpaired) electrons. The van der Waals surface area contributed by atoms with Gasteiger partial charge < -0.3 is 10.1 Å². The Bertz CT molecular complexity index is 929. The minimum atomic E-state index is -3.60. The van der Waals surface area contributed by atoms with Crippen molar-refractivity contribution in [3.05, 3.63) is 53.0 Å². The van der Waals surface area contributed by atoms with E-state index in [2.05, 4.69) is 21.2 Å². The molecule has 0 saturated carbocycles. The van der Waals surface area contributed by atoms with Crippen molar-refractivity contribution >= 4 is 49.3 Å². The number of hydrogen-bond acceptors (Lipinski definition) is 5. The van der Waals surface area contributed by atoms with E-state index >= 15 is 0 Å². The van der Waals surface area contributed by atoms with Crippen LogP contribution in [0, 0.1) is 0 Å². The highest BCUT2D eigenvalue weighted by Gasteiger charge is 2.26. The number of anilines is 1. The number of rotatable bonds is 6. The van der Waals surface area contributed by atoms with Crippen molar-refractivity contribution in [1.29, 1.82) is 0 Å². The zero-order chi connectivity index (χ0) is 20.1. The molecule has 150 valence electrons. The molecule has 0 unspecified atom stereocenters. The summed E-state index contributed by atoms with van der Waals surface area (Å²) >= 11 is 4.83. The van der Waals surface area contributed by atoms with Crippen molar-refractivity contribution in [3.8, 4) is 0 Å². The van der Waals surface area contributed by atoms with Gasteiger partial charge in [-0.15, -0.1) is 11.8 Å². The summed E-state index contributed by atoms with van der Waals surface area (Å²) in [5.74, 6) is -0.186. The summed E-state index contributed by atoms with van der Waals surface area (Å²) in [5.41, 5.74) is 0.461. The van der Waals surface area contributed by atoms with E-state index in [-0.39, 0.29) is 16.1 Å². The largest absolute Gasteiger partial charge is 0.379 e. The number of hydrogen-bond donors (Lipinski definition) is 1. The second-order valence-corrected chi connectivity index (χ2v) is 10.5. The molecule has 0 aromatic heterocycles. The van der Waals surface area contributed by atoms with Crippen LogP contribution in [0.5, 0.6) is 0 Å². The lowest BCUT2D eigenvalue weighted by Gasteiger charge is -2.26. The van der Waals surface area contributed by atoms with E-state index in [1.54, 1.807) is 18.2 Å². The van der Waals surface area contributed by atoms with Gasteiger partial charge in [-0.25, -0.2) is 8.42 Å². The summed E-state index contributed by atoms with van der Waals surface area (Å²) in [7, 11) is -3.60. The Kier molecular flexibility index (Phi) is 7.16. The number of halogens is 1. The molecule has 1 heterocycles. The predicted octanol–water partition coefficient (Wildman–Crippen LogP) is 3.59. The third-order valence-corrected chi connectivity index (χ3v) is 7.74. The maximum Gasteiger partial charge on any atom is 0.243 e. The van der Waals surface area contributed by atoms with Crippen LogP contribution in [0.4, 0.5) is 5.69 Å². The monoisotopic (exact) mass is 484 g/mol. The molecule has 3 rings (SSSR count). The van der Waals surface area contributed by atoms with Crippen LogP contribution in [0.2, 0.25) is 0 Å². The van der Waals surface area contributed by atoms with Crippen LogP contribution in [0.25, 0.3) is 0 Å². The fourth-order valence-corrected chi connectivity index (χ4v) is 5.27. The van der Waals surface area contributed by atoms with Crippen LogP contribution in [-0.2, 0) is 19.6 Å². The number of ether oxygens (including phenoxy) is 1. The fraction of sp³-hybridized carbons (Fsp3) is 0.316. The summed E-state index contributed by atoms with van der Waals surface area (Å²) in [5, 5.41) is 2.48. The quantitative estimate of drug-likeness (QED) is 0.633. The summed E-state index contributed by atoms with van der Waals surface area (Å²) in [4.78, 5) is 13.7. The molecule has 28 heavy (non-hydrogen) atoms. The normalized spacial score (nSPS) is 16.5. The Morgan fingerprint density at radius 2 is 1.86 bits per heavy atom. The number of carbonyl (C=O) groups is 1. The zero-order valence-corrected chi connectivity index (χ0v) is 18.5. The van der Waals surface area contributed by atoms with Gasteiger partial charge in [-0.2, -0.15) is 4.31 Å². The lowest BCUT2D eigenvalue weighted by atomic mass is 10.3. The van der Waals surface area contributed by atoms with Crippen LogP contribution < -0.4 is 5.32 Å². The number of nitrogens with one attached hydrogen (secondary N) is 1. The SMILES string of the molecule is C[C@@H](Sc1ccc(Br)cc1)C(=O)Nc1cccc(S(=O)(=O)N2CCOCC2)c1. The molecule has 9 heteroatoms. The highest BCUT2D eigenvalue weighted by molar-refractivity contribution is 9.10. The van der Waals surface area contributed by atoms with Crippen LogP contribution >= 0.6 is 27.7 Å². The first-order valence-electron chi connectivity index (χ1n) is 8.77. The molecule has 2 aromatic rings. The van der Waals surface area contributed by atoms with Crippen LogP contribution in [0.1, 0.15) is 6.92 Å². The average Bonchev–Trinajstić information content (AvgIpc) is 2.70. The molecule has 1 aliphatic heterocycles. The summed E-state index contributed by atoms with van der Waals surface area (Å²) in [6.07, 6.45) is 0. The molecule has 1 N–H and O–H groups in total. The molecule has 6 nitrogen and oxygen atoms in total. The Balaban J connectivity index is 1.68. The number of nitrogens with zero attached hydrogens (tertiary/aromatic N) is 1. The lowest BCUT2D eigenvalue weighted by Crippen LogP contribution is -2.40. The van der Waals surface area contributed by atoms with Gasteiger partial charge in [-0.3, -0.25) is 4.79 Å². The van der Waals surface area contributed by atoms with E-state index < -0.39 is 10.0 Å². The molecule has 1 aliphatic rings. The van der Waals surface area contributed by atoms with Crippen molar-refractivity contribution in [2.75, 3.05) is 31.6 Å². The number of carbonyl (C=O) groups excluding carboxylic acids is 1. The Morgan fingerprint density at radius 1 is 1.18 bits per heavy atom. The molecule has 1 amide bonds. The van der Waals surface area contributed by atoms with E-state index in [1.807, 2.05) is 31.2 Å². The Labute approximate surface area is 177 Å². The molecule has 1 saturated heterocycles. The minimum absolute atomic E-state index is 0.167. The summed E-state index contributed by atoms with van der Waals surface area (Å²) in [6.45, 7) is 3.26. The molecule has 1 atom stereocenters. The van der Waals surface area contributed by atoms with Crippen molar-refractivity contribution in [2.24, 2.45) is 0 Å². The highest BCUT2D eigenvalue weighted by atomic mass is 79.9. The average molecular weight is 485 g/mol. The maximum atomic E-state index is 12.8. The van der Waals surface area contributed by atoms with Crippen molar-refractivity contribution in [2.45, 2.75) is 22.0 Å². The van der Waals surface area contributed by atoms with Gasteiger partial charge in [0.2, 0.25) is 15.9 Å². The van der Waals surface area contributed by atoms with E-state index in [0.29, 0.717) is 32.0 Å². The molecule has 0 bridgehead atoms. The van der Waals surface area contributed by atoms with Crippen LogP contribution in [-0.4, -0.2) is 50.2 Å². The van der Waals surface area contributed by atoms with Gasteiger partial charge in [0.15, 0.2) is 0 Å². The van der Waals surface area contributed by atoms with Crippen LogP contribution in [0.3, 0.4) is 0 Å². The first-order chi connectivity index (χ1) is 13.4. The highest BCUT2D eigenvalue weighted by Crippen LogP contribution is 2.26. The fourth-order valence-electron chi connectivity index (χ4n) is 2.69. The second-order valence-electron chi connectivity index (χ2n) is 6.25. The molecule has 0 aliphatic carbocycles. The topological polar surface area (TPSA) is 75.7 Å². The van der Waals surface area contributed by atoms with Gasteiger partial charge in [0.25, 0.3) is 0 Å². The minimum Gasteiger partial charge on any atom is -0.379 e. The van der Waals surface area contributed by atoms with E-state index in [0.717, 1.165) is 9.37 Å². The smallest absolute Gasteiger partial charge is 0.243 e. The summed E-state index contributed by atoms with van der Waals surface area (Å²) in [6, 6.07) is 14.1. The van der Waals surface area contributed by atoms with Gasteiger partial charge in [0.05, 0.1) is 23.4 Å². The molecule has 1 fully saturated rings. The van der Waals surface area contributed by atoms with Gasteiger partial charge >= 0.3 is 0 Å². The molecule has 0 spiro atoms. The van der Waals surface area contributed by atoms with Crippen molar-refractivity contribution in [1.82, 2.24) is 4.31 Å². The number of thioether (sulfide) groups is 1. The van der Waals surface area contributed by atoms with Gasteiger partial charge in [0.1, 0.15) is 0 Å². The summed E-state index contributed by atoms with van der Waals surface area (Å²) < 4.78 is 33.2. The number of morpholine rings is 1. The predicted molar refractivity (Wildman–Crippen MR) is 114 cm³/mol. The Morgan fingerprint density at radius 3 is 2.54 bits per heavy atom. The van der Waals surface area contributed by atoms with E-state index in [9.17, 15) is 13.2 Å². The van der Waals surface area contributed by atoms with E-state index in [1.165, 1.54) is 22.1 Å². The van der Waals surface area contributed by atoms with Gasteiger partial charge in [-0.1, -0.05) is 22.0 Å². The Hall–Kier alpha value is -1.39. The van der Waals surface area contributed by atoms with Crippen molar-refractivity contribution < 1.29 is 17.9 Å². The third kappa shape index (κ3) is 5.36. The standard InChI is InChI=1S/C19H21BrN2O4S2/c1-14(27-17-7-5-15(20)6-8-17)19(23)21-16-3-2-4-18(13-16)28(24,25)22-9-11-26-12-10-22/h2-8,13-14H,9-12H2,1H3,(H,21,23)/t14-/m1/s1. The van der Waals surface area contributed by atoms with Crippen LogP contribution in [0.15, 0.2) is 62.8 Å². The first-order valence-corrected chi connectivity index (χ1v) is 11.9. The lowest BCUT2D eigenvalue weighted by molar-refractivity contribution is -0.115. The second kappa shape index (κ2) is 9.41. The van der Waals surface area contributed by atoms with Gasteiger partial charge in [-0.05, 0) is 49.4 Å². The molecular formula is C19H21BrN2O4S2. The number of sulfonamides is 1. The van der Waals surface area contributed by atoms with Crippen molar-refractivity contribution in [3.63, 3.8) is 0 Å². The van der Waals surface area contributed by atoms with Gasteiger partial charge in [0, 0.05) is 28.1 Å².